The van der Waals surface area contributed by atoms with Gasteiger partial charge in [-0.05, 0) is 73.7 Å². The van der Waals surface area contributed by atoms with Crippen LogP contribution in [0, 0.1) is 5.92 Å². The zero-order valence-corrected chi connectivity index (χ0v) is 20.5. The summed E-state index contributed by atoms with van der Waals surface area (Å²) < 4.78 is 11.9. The van der Waals surface area contributed by atoms with E-state index in [1.54, 1.807) is 12.0 Å². The minimum Gasteiger partial charge on any atom is -0.481 e. The molecule has 0 bridgehead atoms. The SMILES string of the molecule is COc1nc(-c2cccc(Br)c2Cl)ccc1CN(C[C@H]1C[C@@H](O)C1)C(=O)OC(C)(C)C. The number of aliphatic hydroxyl groups excluding tert-OH is 1. The van der Waals surface area contributed by atoms with Crippen molar-refractivity contribution in [3.8, 4) is 17.1 Å². The number of carbonyl (C=O) groups is 1. The Balaban J connectivity index is 1.85. The predicted octanol–water partition coefficient (Wildman–Crippen LogP) is 5.68. The van der Waals surface area contributed by atoms with E-state index in [-0.39, 0.29) is 12.0 Å². The van der Waals surface area contributed by atoms with Crippen LogP contribution in [-0.2, 0) is 11.3 Å². The van der Waals surface area contributed by atoms with Crippen LogP contribution >= 0.6 is 27.5 Å². The second-order valence-corrected chi connectivity index (χ2v) is 10.1. The van der Waals surface area contributed by atoms with Crippen LogP contribution < -0.4 is 4.74 Å². The van der Waals surface area contributed by atoms with Gasteiger partial charge in [0.05, 0.1) is 30.5 Å². The molecule has 0 saturated heterocycles. The first-order chi connectivity index (χ1) is 14.6. The third-order valence-electron chi connectivity index (χ3n) is 5.06. The Kier molecular flexibility index (Phi) is 7.50. The maximum absolute atomic E-state index is 12.8. The number of hydrogen-bond donors (Lipinski definition) is 1. The van der Waals surface area contributed by atoms with Crippen molar-refractivity contribution in [1.29, 1.82) is 0 Å². The number of nitrogens with zero attached hydrogens (tertiary/aromatic N) is 2. The molecular formula is C23H28BrClN2O4. The van der Waals surface area contributed by atoms with E-state index in [0.717, 1.165) is 15.6 Å². The number of rotatable bonds is 6. The molecule has 168 valence electrons. The molecule has 1 aliphatic rings. The second-order valence-electron chi connectivity index (χ2n) is 8.82. The van der Waals surface area contributed by atoms with Gasteiger partial charge in [-0.15, -0.1) is 0 Å². The quantitative estimate of drug-likeness (QED) is 0.540. The van der Waals surface area contributed by atoms with Crippen molar-refractivity contribution < 1.29 is 19.4 Å². The van der Waals surface area contributed by atoms with Crippen LogP contribution in [0.15, 0.2) is 34.8 Å². The minimum atomic E-state index is -0.599. The summed E-state index contributed by atoms with van der Waals surface area (Å²) in [7, 11) is 1.55. The van der Waals surface area contributed by atoms with E-state index in [4.69, 9.17) is 21.1 Å². The van der Waals surface area contributed by atoms with Gasteiger partial charge in [0.15, 0.2) is 0 Å². The first kappa shape index (κ1) is 23.8. The van der Waals surface area contributed by atoms with Crippen LogP contribution in [0.5, 0.6) is 5.88 Å². The zero-order valence-electron chi connectivity index (χ0n) is 18.2. The number of halogens is 2. The van der Waals surface area contributed by atoms with E-state index in [2.05, 4.69) is 20.9 Å². The molecule has 1 N–H and O–H groups in total. The van der Waals surface area contributed by atoms with E-state index < -0.39 is 11.7 Å². The van der Waals surface area contributed by atoms with E-state index in [9.17, 15) is 9.90 Å². The molecule has 2 aromatic rings. The molecule has 0 atom stereocenters. The molecule has 1 heterocycles. The molecule has 3 rings (SSSR count). The highest BCUT2D eigenvalue weighted by atomic mass is 79.9. The van der Waals surface area contributed by atoms with Crippen LogP contribution in [-0.4, -0.2) is 46.4 Å². The fourth-order valence-corrected chi connectivity index (χ4v) is 4.10. The molecule has 31 heavy (non-hydrogen) atoms. The molecule has 0 spiro atoms. The molecular weight excluding hydrogens is 484 g/mol. The predicted molar refractivity (Wildman–Crippen MR) is 124 cm³/mol. The van der Waals surface area contributed by atoms with Crippen molar-refractivity contribution in [3.63, 3.8) is 0 Å². The maximum Gasteiger partial charge on any atom is 0.410 e. The summed E-state index contributed by atoms with van der Waals surface area (Å²) in [4.78, 5) is 19.1. The van der Waals surface area contributed by atoms with Crippen LogP contribution in [0.25, 0.3) is 11.3 Å². The Morgan fingerprint density at radius 1 is 1.29 bits per heavy atom. The first-order valence-electron chi connectivity index (χ1n) is 10.2. The highest BCUT2D eigenvalue weighted by Crippen LogP contribution is 2.35. The normalized spacial score (nSPS) is 18.3. The third-order valence-corrected chi connectivity index (χ3v) is 6.36. The van der Waals surface area contributed by atoms with Gasteiger partial charge in [-0.25, -0.2) is 9.78 Å². The number of pyridine rings is 1. The van der Waals surface area contributed by atoms with Crippen LogP contribution in [0.4, 0.5) is 4.79 Å². The number of aliphatic hydroxyl groups is 1. The van der Waals surface area contributed by atoms with E-state index in [1.807, 2.05) is 51.1 Å². The number of methoxy groups -OCH3 is 1. The largest absolute Gasteiger partial charge is 0.481 e. The third kappa shape index (κ3) is 6.11. The molecule has 1 aliphatic carbocycles. The van der Waals surface area contributed by atoms with Crippen molar-refractivity contribution in [1.82, 2.24) is 9.88 Å². The van der Waals surface area contributed by atoms with Gasteiger partial charge >= 0.3 is 6.09 Å². The average molecular weight is 512 g/mol. The van der Waals surface area contributed by atoms with Crippen LogP contribution in [0.3, 0.4) is 0 Å². The number of benzene rings is 1. The molecule has 1 saturated carbocycles. The molecule has 0 aliphatic heterocycles. The van der Waals surface area contributed by atoms with Crippen molar-refractivity contribution in [2.75, 3.05) is 13.7 Å². The first-order valence-corrected chi connectivity index (χ1v) is 11.4. The van der Waals surface area contributed by atoms with Crippen LogP contribution in [0.1, 0.15) is 39.2 Å². The van der Waals surface area contributed by atoms with Gasteiger partial charge < -0.3 is 19.5 Å². The van der Waals surface area contributed by atoms with Gasteiger partial charge in [-0.1, -0.05) is 23.7 Å². The summed E-state index contributed by atoms with van der Waals surface area (Å²) in [5.41, 5.74) is 1.63. The van der Waals surface area contributed by atoms with Crippen LogP contribution in [0.2, 0.25) is 5.02 Å². The smallest absolute Gasteiger partial charge is 0.410 e. The number of ether oxygens (including phenoxy) is 2. The van der Waals surface area contributed by atoms with Crippen molar-refractivity contribution >= 4 is 33.6 Å². The van der Waals surface area contributed by atoms with Gasteiger partial charge in [-0.2, -0.15) is 0 Å². The van der Waals surface area contributed by atoms with E-state index in [0.29, 0.717) is 42.5 Å². The highest BCUT2D eigenvalue weighted by Gasteiger charge is 2.32. The van der Waals surface area contributed by atoms with Crippen molar-refractivity contribution in [2.45, 2.75) is 51.9 Å². The number of carbonyl (C=O) groups excluding carboxylic acids is 1. The Morgan fingerprint density at radius 3 is 2.61 bits per heavy atom. The summed E-state index contributed by atoms with van der Waals surface area (Å²) in [5.74, 6) is 0.678. The molecule has 8 heteroatoms. The topological polar surface area (TPSA) is 71.9 Å². The number of aromatic nitrogens is 1. The average Bonchev–Trinajstić information content (AvgIpc) is 2.67. The Morgan fingerprint density at radius 2 is 2.00 bits per heavy atom. The monoisotopic (exact) mass is 510 g/mol. The lowest BCUT2D eigenvalue weighted by Crippen LogP contribution is -2.43. The Bertz CT molecular complexity index is 942. The molecule has 6 nitrogen and oxygen atoms in total. The summed E-state index contributed by atoms with van der Waals surface area (Å²) in [6.07, 6.45) is 0.704. The lowest BCUT2D eigenvalue weighted by Gasteiger charge is -2.36. The molecule has 0 unspecified atom stereocenters. The summed E-state index contributed by atoms with van der Waals surface area (Å²) in [5, 5.41) is 10.2. The van der Waals surface area contributed by atoms with E-state index in [1.165, 1.54) is 0 Å². The standard InChI is InChI=1S/C23H28BrClN2O4/c1-23(2,3)31-22(29)27(12-14-10-16(28)11-14)13-15-8-9-19(26-21(15)30-4)17-6-5-7-18(24)20(17)25/h5-9,14,16,28H,10-13H2,1-4H3/t14-,16+. The molecule has 1 aromatic carbocycles. The zero-order chi connectivity index (χ0) is 22.8. The van der Waals surface area contributed by atoms with Gasteiger partial charge in [0.1, 0.15) is 5.60 Å². The molecule has 1 aromatic heterocycles. The van der Waals surface area contributed by atoms with Gasteiger partial charge in [-0.3, -0.25) is 0 Å². The number of hydrogen-bond acceptors (Lipinski definition) is 5. The van der Waals surface area contributed by atoms with Gasteiger partial charge in [0, 0.05) is 22.1 Å². The Hall–Kier alpha value is -1.83. The maximum atomic E-state index is 12.8. The molecule has 1 fully saturated rings. The lowest BCUT2D eigenvalue weighted by atomic mass is 9.82. The number of amides is 1. The summed E-state index contributed by atoms with van der Waals surface area (Å²) in [6.45, 7) is 6.33. The van der Waals surface area contributed by atoms with Crippen molar-refractivity contribution in [3.05, 3.63) is 45.4 Å². The minimum absolute atomic E-state index is 0.251. The summed E-state index contributed by atoms with van der Waals surface area (Å²) in [6, 6.07) is 9.42. The fourth-order valence-electron chi connectivity index (χ4n) is 3.51. The molecule has 1 amide bonds. The lowest BCUT2D eigenvalue weighted by molar-refractivity contribution is -0.00238. The Labute approximate surface area is 196 Å². The second kappa shape index (κ2) is 9.76. The van der Waals surface area contributed by atoms with Gasteiger partial charge in [0.2, 0.25) is 5.88 Å². The fraction of sp³-hybridized carbons (Fsp3) is 0.478. The van der Waals surface area contributed by atoms with E-state index >= 15 is 0 Å². The summed E-state index contributed by atoms with van der Waals surface area (Å²) >= 11 is 9.86. The van der Waals surface area contributed by atoms with Crippen molar-refractivity contribution in [2.24, 2.45) is 5.92 Å². The highest BCUT2D eigenvalue weighted by molar-refractivity contribution is 9.10. The van der Waals surface area contributed by atoms with Gasteiger partial charge in [0.25, 0.3) is 0 Å². The molecule has 0 radical (unpaired) electrons.